The molecular formula is C24H25NO5. The first-order chi connectivity index (χ1) is 14.3. The Balaban J connectivity index is 1.98. The van der Waals surface area contributed by atoms with Gasteiger partial charge in [0, 0.05) is 5.56 Å². The lowest BCUT2D eigenvalue weighted by atomic mass is 9.76. The average molecular weight is 407 g/mol. The Hall–Kier alpha value is -3.15. The second-order valence-electron chi connectivity index (χ2n) is 8.32. The Morgan fingerprint density at radius 1 is 0.867 bits per heavy atom. The van der Waals surface area contributed by atoms with Crippen molar-refractivity contribution in [3.05, 3.63) is 70.8 Å². The van der Waals surface area contributed by atoms with Crippen LogP contribution >= 0.6 is 0 Å². The summed E-state index contributed by atoms with van der Waals surface area (Å²) >= 11 is 0. The minimum atomic E-state index is -1.18. The molecule has 3 atom stereocenters. The number of ether oxygens (including phenoxy) is 2. The summed E-state index contributed by atoms with van der Waals surface area (Å²) in [6, 6.07) is 14.5. The summed E-state index contributed by atoms with van der Waals surface area (Å²) in [5.41, 5.74) is 1.38. The van der Waals surface area contributed by atoms with Gasteiger partial charge >= 0.3 is 11.9 Å². The van der Waals surface area contributed by atoms with Gasteiger partial charge in [-0.15, -0.1) is 0 Å². The summed E-state index contributed by atoms with van der Waals surface area (Å²) in [4.78, 5) is 39.5. The van der Waals surface area contributed by atoms with Crippen molar-refractivity contribution in [1.29, 1.82) is 0 Å². The van der Waals surface area contributed by atoms with Crippen LogP contribution < -0.4 is 5.32 Å². The van der Waals surface area contributed by atoms with Crippen molar-refractivity contribution in [3.63, 3.8) is 0 Å². The van der Waals surface area contributed by atoms with E-state index >= 15 is 0 Å². The average Bonchev–Trinajstić information content (AvgIpc) is 3.14. The first-order valence-corrected chi connectivity index (χ1v) is 10.2. The van der Waals surface area contributed by atoms with Crippen LogP contribution in [0.15, 0.2) is 48.5 Å². The number of amides is 1. The van der Waals surface area contributed by atoms with Crippen LogP contribution in [0.3, 0.4) is 0 Å². The molecule has 0 radical (unpaired) electrons. The molecule has 30 heavy (non-hydrogen) atoms. The van der Waals surface area contributed by atoms with Crippen LogP contribution in [0.1, 0.15) is 60.7 Å². The second kappa shape index (κ2) is 7.27. The van der Waals surface area contributed by atoms with Gasteiger partial charge in [-0.05, 0) is 50.5 Å². The summed E-state index contributed by atoms with van der Waals surface area (Å²) in [7, 11) is 0. The molecule has 0 fully saturated rings. The van der Waals surface area contributed by atoms with Crippen molar-refractivity contribution in [2.75, 3.05) is 0 Å². The molecule has 1 amide bonds. The van der Waals surface area contributed by atoms with E-state index in [9.17, 15) is 14.4 Å². The van der Waals surface area contributed by atoms with E-state index in [0.717, 1.165) is 5.56 Å². The van der Waals surface area contributed by atoms with Gasteiger partial charge in [-0.25, -0.2) is 0 Å². The van der Waals surface area contributed by atoms with E-state index in [1.165, 1.54) is 0 Å². The standard InChI is InChI=1S/C24H25NO5/c1-13(2)29-22(27)19-15-9-5-7-11-17(15)24(20(19)23(28)30-14(3)4)18-12-8-6-10-16(18)21(26)25-24/h5-14,19-20H,1-4H3,(H,25,26). The van der Waals surface area contributed by atoms with Gasteiger partial charge in [-0.2, -0.15) is 0 Å². The van der Waals surface area contributed by atoms with Crippen LogP contribution in [0, 0.1) is 5.92 Å². The Morgan fingerprint density at radius 3 is 2.10 bits per heavy atom. The summed E-state index contributed by atoms with van der Waals surface area (Å²) in [5.74, 6) is -3.18. The molecule has 3 unspecified atom stereocenters. The smallest absolute Gasteiger partial charge is 0.314 e. The van der Waals surface area contributed by atoms with Gasteiger partial charge in [0.05, 0.1) is 18.1 Å². The molecule has 1 N–H and O–H groups in total. The quantitative estimate of drug-likeness (QED) is 0.787. The fourth-order valence-corrected chi connectivity index (χ4v) is 4.71. The predicted octanol–water partition coefficient (Wildman–Crippen LogP) is 3.29. The SMILES string of the molecule is CC(C)OC(=O)C1c2ccccc2C2(NC(=O)c3ccccc32)C1C(=O)OC(C)C. The summed E-state index contributed by atoms with van der Waals surface area (Å²) in [6.45, 7) is 7.05. The van der Waals surface area contributed by atoms with Gasteiger partial charge in [0.1, 0.15) is 11.5 Å². The molecular weight excluding hydrogens is 382 g/mol. The fourth-order valence-electron chi connectivity index (χ4n) is 4.71. The lowest BCUT2D eigenvalue weighted by molar-refractivity contribution is -0.163. The molecule has 6 nitrogen and oxygen atoms in total. The van der Waals surface area contributed by atoms with Crippen LogP contribution in [0.2, 0.25) is 0 Å². The molecule has 1 spiro atoms. The van der Waals surface area contributed by atoms with Crippen molar-refractivity contribution in [2.45, 2.75) is 51.4 Å². The topological polar surface area (TPSA) is 81.7 Å². The van der Waals surface area contributed by atoms with E-state index in [2.05, 4.69) is 5.32 Å². The number of carbonyl (C=O) groups is 3. The summed E-state index contributed by atoms with van der Waals surface area (Å²) in [6.07, 6.45) is -0.708. The van der Waals surface area contributed by atoms with Crippen LogP contribution in [0.25, 0.3) is 0 Å². The Kier molecular flexibility index (Phi) is 4.88. The number of esters is 2. The third-order valence-corrected chi connectivity index (χ3v) is 5.64. The fraction of sp³-hybridized carbons (Fsp3) is 0.375. The van der Waals surface area contributed by atoms with Crippen LogP contribution in [-0.4, -0.2) is 30.1 Å². The van der Waals surface area contributed by atoms with E-state index in [4.69, 9.17) is 9.47 Å². The van der Waals surface area contributed by atoms with Gasteiger partial charge in [0.15, 0.2) is 0 Å². The molecule has 2 aromatic rings. The Morgan fingerprint density at radius 2 is 1.43 bits per heavy atom. The first-order valence-electron chi connectivity index (χ1n) is 10.2. The van der Waals surface area contributed by atoms with Gasteiger partial charge in [0.25, 0.3) is 5.91 Å². The highest BCUT2D eigenvalue weighted by atomic mass is 16.6. The monoisotopic (exact) mass is 407 g/mol. The summed E-state index contributed by atoms with van der Waals surface area (Å²) < 4.78 is 11.1. The third kappa shape index (κ3) is 2.90. The first kappa shape index (κ1) is 20.1. The van der Waals surface area contributed by atoms with E-state index in [0.29, 0.717) is 16.7 Å². The minimum absolute atomic E-state index is 0.277. The molecule has 1 aliphatic heterocycles. The number of rotatable bonds is 4. The van der Waals surface area contributed by atoms with E-state index in [-0.39, 0.29) is 18.1 Å². The number of carbonyl (C=O) groups excluding carboxylic acids is 3. The molecule has 1 aliphatic carbocycles. The van der Waals surface area contributed by atoms with Crippen molar-refractivity contribution in [3.8, 4) is 0 Å². The molecule has 2 aliphatic rings. The lowest BCUT2D eigenvalue weighted by Crippen LogP contribution is -2.50. The lowest BCUT2D eigenvalue weighted by Gasteiger charge is -2.34. The molecule has 2 aromatic carbocycles. The van der Waals surface area contributed by atoms with Gasteiger partial charge in [-0.3, -0.25) is 14.4 Å². The van der Waals surface area contributed by atoms with E-state index in [1.807, 2.05) is 36.4 Å². The number of nitrogens with one attached hydrogen (secondary N) is 1. The van der Waals surface area contributed by atoms with E-state index in [1.54, 1.807) is 39.8 Å². The molecule has 4 rings (SSSR count). The van der Waals surface area contributed by atoms with Crippen molar-refractivity contribution >= 4 is 17.8 Å². The van der Waals surface area contributed by atoms with Gasteiger partial charge < -0.3 is 14.8 Å². The van der Waals surface area contributed by atoms with Crippen LogP contribution in [-0.2, 0) is 24.6 Å². The highest BCUT2D eigenvalue weighted by Crippen LogP contribution is 2.56. The maximum atomic E-state index is 13.4. The Labute approximate surface area is 175 Å². The van der Waals surface area contributed by atoms with Crippen molar-refractivity contribution < 1.29 is 23.9 Å². The number of benzene rings is 2. The van der Waals surface area contributed by atoms with Crippen molar-refractivity contribution in [1.82, 2.24) is 5.32 Å². The third-order valence-electron chi connectivity index (χ3n) is 5.64. The summed E-state index contributed by atoms with van der Waals surface area (Å²) in [5, 5.41) is 3.05. The van der Waals surface area contributed by atoms with E-state index < -0.39 is 29.3 Å². The molecule has 0 saturated carbocycles. The zero-order chi connectivity index (χ0) is 21.6. The van der Waals surface area contributed by atoms with Crippen LogP contribution in [0.5, 0.6) is 0 Å². The molecule has 0 saturated heterocycles. The predicted molar refractivity (Wildman–Crippen MR) is 110 cm³/mol. The molecule has 0 aromatic heterocycles. The van der Waals surface area contributed by atoms with Crippen molar-refractivity contribution in [2.24, 2.45) is 5.92 Å². The molecule has 6 heteroatoms. The number of fused-ring (bicyclic) bond motifs is 4. The van der Waals surface area contributed by atoms with Crippen LogP contribution in [0.4, 0.5) is 0 Å². The normalized spacial score (nSPS) is 24.0. The van der Waals surface area contributed by atoms with Gasteiger partial charge in [0.2, 0.25) is 0 Å². The highest BCUT2D eigenvalue weighted by molar-refractivity contribution is 6.03. The number of hydrogen-bond acceptors (Lipinski definition) is 5. The largest absolute Gasteiger partial charge is 0.463 e. The highest BCUT2D eigenvalue weighted by Gasteiger charge is 2.63. The zero-order valence-corrected chi connectivity index (χ0v) is 17.5. The maximum Gasteiger partial charge on any atom is 0.314 e. The molecule has 0 bridgehead atoms. The molecule has 156 valence electrons. The zero-order valence-electron chi connectivity index (χ0n) is 17.5. The maximum absolute atomic E-state index is 13.4. The second-order valence-corrected chi connectivity index (χ2v) is 8.32. The molecule has 1 heterocycles. The van der Waals surface area contributed by atoms with Gasteiger partial charge in [-0.1, -0.05) is 42.5 Å². The Bertz CT molecular complexity index is 1030. The number of hydrogen-bond donors (Lipinski definition) is 1. The minimum Gasteiger partial charge on any atom is -0.463 e.